The molecular weight excluding hydrogens is 264 g/mol. The third kappa shape index (κ3) is 5.04. The Kier molecular flexibility index (Phi) is 5.60. The highest BCUT2D eigenvalue weighted by Crippen LogP contribution is 2.29. The van der Waals surface area contributed by atoms with E-state index >= 15 is 0 Å². The van der Waals surface area contributed by atoms with Crippen LogP contribution in [0.4, 0.5) is 0 Å². The summed E-state index contributed by atoms with van der Waals surface area (Å²) in [5.41, 5.74) is 0.143. The minimum absolute atomic E-state index is 0.475. The van der Waals surface area contributed by atoms with Crippen LogP contribution in [0.25, 0.3) is 0 Å². The number of likely N-dealkylation sites (N-methyl/N-ethyl adjacent to an activating group) is 1. The molecule has 1 aromatic carbocycles. The average molecular weight is 288 g/mol. The number of ether oxygens (including phenoxy) is 1. The third-order valence-electron chi connectivity index (χ3n) is 4.01. The molecule has 21 heavy (non-hydrogen) atoms. The zero-order valence-corrected chi connectivity index (χ0v) is 12.7. The first-order valence-corrected chi connectivity index (χ1v) is 7.65. The summed E-state index contributed by atoms with van der Waals surface area (Å²) in [5, 5.41) is 19.2. The summed E-state index contributed by atoms with van der Waals surface area (Å²) in [4.78, 5) is 2.18. The Hall–Kier alpha value is -1.57. The summed E-state index contributed by atoms with van der Waals surface area (Å²) in [5.74, 6) is 0.742. The first-order valence-electron chi connectivity index (χ1n) is 7.65. The van der Waals surface area contributed by atoms with Crippen molar-refractivity contribution < 1.29 is 9.84 Å². The molecule has 0 amide bonds. The Bertz CT molecular complexity index is 490. The van der Waals surface area contributed by atoms with Gasteiger partial charge in [0.1, 0.15) is 5.75 Å². The Morgan fingerprint density at radius 1 is 1.38 bits per heavy atom. The molecule has 0 bridgehead atoms. The van der Waals surface area contributed by atoms with Crippen LogP contribution in [0.5, 0.6) is 5.75 Å². The number of hydrogen-bond donors (Lipinski definition) is 1. The zero-order chi connectivity index (χ0) is 15.1. The topological polar surface area (TPSA) is 56.5 Å². The van der Waals surface area contributed by atoms with Gasteiger partial charge in [0.25, 0.3) is 0 Å². The van der Waals surface area contributed by atoms with Crippen molar-refractivity contribution >= 4 is 0 Å². The van der Waals surface area contributed by atoms with E-state index in [1.54, 1.807) is 12.1 Å². The number of nitrogens with zero attached hydrogens (tertiary/aromatic N) is 2. The molecule has 0 atom stereocenters. The molecule has 0 aliphatic heterocycles. The molecule has 0 radical (unpaired) electrons. The fourth-order valence-electron chi connectivity index (χ4n) is 2.95. The van der Waals surface area contributed by atoms with Crippen LogP contribution in [0.1, 0.15) is 37.7 Å². The lowest BCUT2D eigenvalue weighted by molar-refractivity contribution is 0.0155. The molecule has 1 aliphatic carbocycles. The molecule has 0 saturated heterocycles. The van der Waals surface area contributed by atoms with Crippen molar-refractivity contribution in [1.29, 1.82) is 5.26 Å². The van der Waals surface area contributed by atoms with Crippen LogP contribution < -0.4 is 4.74 Å². The number of aliphatic hydroxyl groups is 1. The van der Waals surface area contributed by atoms with Crippen molar-refractivity contribution in [2.45, 2.75) is 37.7 Å². The van der Waals surface area contributed by atoms with Gasteiger partial charge >= 0.3 is 0 Å². The van der Waals surface area contributed by atoms with Gasteiger partial charge in [-0.1, -0.05) is 18.9 Å². The molecule has 114 valence electrons. The van der Waals surface area contributed by atoms with Crippen molar-refractivity contribution in [3.05, 3.63) is 29.8 Å². The first-order chi connectivity index (χ1) is 10.1. The van der Waals surface area contributed by atoms with Crippen molar-refractivity contribution in [1.82, 2.24) is 4.90 Å². The van der Waals surface area contributed by atoms with Gasteiger partial charge in [0.05, 0.1) is 23.8 Å². The van der Waals surface area contributed by atoms with Crippen molar-refractivity contribution in [2.24, 2.45) is 0 Å². The Labute approximate surface area is 127 Å². The van der Waals surface area contributed by atoms with Crippen LogP contribution in [0.2, 0.25) is 0 Å². The van der Waals surface area contributed by atoms with Crippen molar-refractivity contribution in [3.63, 3.8) is 0 Å². The van der Waals surface area contributed by atoms with E-state index in [1.807, 2.05) is 19.2 Å². The number of nitriles is 1. The van der Waals surface area contributed by atoms with Gasteiger partial charge in [-0.25, -0.2) is 0 Å². The summed E-state index contributed by atoms with van der Waals surface area (Å²) in [6.45, 7) is 2.27. The second-order valence-corrected chi connectivity index (χ2v) is 6.01. The minimum Gasteiger partial charge on any atom is -0.494 e. The smallest absolute Gasteiger partial charge is 0.120 e. The van der Waals surface area contributed by atoms with Gasteiger partial charge in [-0.05, 0) is 44.5 Å². The van der Waals surface area contributed by atoms with E-state index in [2.05, 4.69) is 11.0 Å². The summed E-state index contributed by atoms with van der Waals surface area (Å²) >= 11 is 0. The van der Waals surface area contributed by atoms with E-state index in [0.29, 0.717) is 12.2 Å². The normalized spacial score (nSPS) is 16.9. The molecule has 1 fully saturated rings. The van der Waals surface area contributed by atoms with Crippen LogP contribution >= 0.6 is 0 Å². The van der Waals surface area contributed by atoms with Crippen LogP contribution in [-0.2, 0) is 0 Å². The molecule has 0 heterocycles. The largest absolute Gasteiger partial charge is 0.494 e. The Balaban J connectivity index is 1.66. The van der Waals surface area contributed by atoms with Crippen molar-refractivity contribution in [3.8, 4) is 11.8 Å². The second kappa shape index (κ2) is 7.44. The quantitative estimate of drug-likeness (QED) is 0.783. The molecular formula is C17H24N2O2. The molecule has 1 N–H and O–H groups in total. The van der Waals surface area contributed by atoms with Crippen LogP contribution in [0.15, 0.2) is 24.3 Å². The molecule has 0 aromatic heterocycles. The Morgan fingerprint density at radius 2 is 2.14 bits per heavy atom. The summed E-state index contributed by atoms with van der Waals surface area (Å²) in [7, 11) is 2.05. The molecule has 0 unspecified atom stereocenters. The fourth-order valence-corrected chi connectivity index (χ4v) is 2.95. The number of hydrogen-bond acceptors (Lipinski definition) is 4. The van der Waals surface area contributed by atoms with E-state index in [-0.39, 0.29) is 0 Å². The molecule has 2 rings (SSSR count). The highest BCUT2D eigenvalue weighted by Gasteiger charge is 2.31. The van der Waals surface area contributed by atoms with E-state index < -0.39 is 5.60 Å². The highest BCUT2D eigenvalue weighted by molar-refractivity contribution is 5.36. The molecule has 4 heteroatoms. The van der Waals surface area contributed by atoms with Gasteiger partial charge in [0.15, 0.2) is 0 Å². The second-order valence-electron chi connectivity index (χ2n) is 6.01. The van der Waals surface area contributed by atoms with Gasteiger partial charge in [0.2, 0.25) is 0 Å². The van der Waals surface area contributed by atoms with Gasteiger partial charge in [-0.2, -0.15) is 5.26 Å². The SMILES string of the molecule is CN(CCCOc1cccc(C#N)c1)CC1(O)CCCC1. The lowest BCUT2D eigenvalue weighted by Crippen LogP contribution is -2.39. The summed E-state index contributed by atoms with van der Waals surface area (Å²) in [6.07, 6.45) is 5.04. The van der Waals surface area contributed by atoms with Gasteiger partial charge in [0, 0.05) is 13.1 Å². The third-order valence-corrected chi connectivity index (χ3v) is 4.01. The van der Waals surface area contributed by atoms with Crippen LogP contribution in [0, 0.1) is 11.3 Å². The van der Waals surface area contributed by atoms with Crippen LogP contribution in [0.3, 0.4) is 0 Å². The van der Waals surface area contributed by atoms with E-state index in [4.69, 9.17) is 10.00 Å². The molecule has 1 aromatic rings. The maximum atomic E-state index is 10.4. The summed E-state index contributed by atoms with van der Waals surface area (Å²) < 4.78 is 5.65. The maximum Gasteiger partial charge on any atom is 0.120 e. The van der Waals surface area contributed by atoms with E-state index in [9.17, 15) is 5.11 Å². The van der Waals surface area contributed by atoms with Crippen molar-refractivity contribution in [2.75, 3.05) is 26.7 Å². The van der Waals surface area contributed by atoms with Gasteiger partial charge in [-0.15, -0.1) is 0 Å². The van der Waals surface area contributed by atoms with Crippen LogP contribution in [-0.4, -0.2) is 42.4 Å². The van der Waals surface area contributed by atoms with Gasteiger partial charge in [-0.3, -0.25) is 0 Å². The molecule has 0 spiro atoms. The van der Waals surface area contributed by atoms with E-state index in [1.165, 1.54) is 0 Å². The zero-order valence-electron chi connectivity index (χ0n) is 12.7. The molecule has 1 aliphatic rings. The van der Waals surface area contributed by atoms with Gasteiger partial charge < -0.3 is 14.7 Å². The predicted molar refractivity (Wildman–Crippen MR) is 82.2 cm³/mol. The summed E-state index contributed by atoms with van der Waals surface area (Å²) in [6, 6.07) is 9.32. The number of rotatable bonds is 7. The van der Waals surface area contributed by atoms with E-state index in [0.717, 1.165) is 50.9 Å². The fraction of sp³-hybridized carbons (Fsp3) is 0.588. The standard InChI is InChI=1S/C17H24N2O2/c1-19(14-17(20)8-2-3-9-17)10-5-11-21-16-7-4-6-15(12-16)13-18/h4,6-7,12,20H,2-3,5,8-11,14H2,1H3. The lowest BCUT2D eigenvalue weighted by atomic mass is 10.0. The maximum absolute atomic E-state index is 10.4. The minimum atomic E-state index is -0.475. The molecule has 1 saturated carbocycles. The molecule has 4 nitrogen and oxygen atoms in total. The first kappa shape index (κ1) is 15.8. The lowest BCUT2D eigenvalue weighted by Gasteiger charge is -2.28. The monoisotopic (exact) mass is 288 g/mol. The number of benzene rings is 1. The Morgan fingerprint density at radius 3 is 2.86 bits per heavy atom. The highest BCUT2D eigenvalue weighted by atomic mass is 16.5. The average Bonchev–Trinajstić information content (AvgIpc) is 2.90. The predicted octanol–water partition coefficient (Wildman–Crippen LogP) is 2.56.